The number of aryl methyl sites for hydroxylation is 1. The number of allylic oxidation sites excluding steroid dienone is 4. The SMILES string of the molecule is CCCCC=C1C(c2ccc(C(C)(C)C)cc2)=CCCc2cc(NC(C)CC)ccc21. The number of unbranched alkanes of at least 4 members (excludes halogenated alkanes) is 2. The molecule has 1 unspecified atom stereocenters. The summed E-state index contributed by atoms with van der Waals surface area (Å²) in [6, 6.07) is 16.8. The summed E-state index contributed by atoms with van der Waals surface area (Å²) in [6.45, 7) is 13.6. The van der Waals surface area contributed by atoms with Gasteiger partial charge in [-0.3, -0.25) is 0 Å². The van der Waals surface area contributed by atoms with E-state index in [2.05, 4.69) is 101 Å². The average Bonchev–Trinajstić information content (AvgIpc) is 2.92. The van der Waals surface area contributed by atoms with Crippen molar-refractivity contribution < 1.29 is 0 Å². The van der Waals surface area contributed by atoms with Gasteiger partial charge in [0.2, 0.25) is 0 Å². The van der Waals surface area contributed by atoms with Crippen LogP contribution in [0.15, 0.2) is 54.6 Å². The third-order valence-corrected chi connectivity index (χ3v) is 6.44. The van der Waals surface area contributed by atoms with Crippen molar-refractivity contribution >= 4 is 16.8 Å². The lowest BCUT2D eigenvalue weighted by atomic mass is 9.84. The molecule has 0 amide bonds. The molecule has 0 aliphatic heterocycles. The number of nitrogens with one attached hydrogen (secondary N) is 1. The smallest absolute Gasteiger partial charge is 0.0345 e. The van der Waals surface area contributed by atoms with Crippen molar-refractivity contribution in [3.05, 3.63) is 76.9 Å². The molecule has 0 saturated heterocycles. The number of benzene rings is 2. The zero-order chi connectivity index (χ0) is 22.4. The Bertz CT molecular complexity index is 922. The van der Waals surface area contributed by atoms with E-state index >= 15 is 0 Å². The maximum Gasteiger partial charge on any atom is 0.0345 e. The third kappa shape index (κ3) is 5.91. The molecule has 1 atom stereocenters. The zero-order valence-corrected chi connectivity index (χ0v) is 20.5. The molecular formula is C30H41N. The van der Waals surface area contributed by atoms with E-state index in [1.165, 1.54) is 51.9 Å². The standard InChI is InChI=1S/C30H41N/c1-7-9-10-13-29-27(23-15-17-25(18-16-23)30(4,5)6)14-11-12-24-21-26(19-20-28(24)29)31-22(3)8-2/h13-22,31H,7-12H2,1-6H3. The summed E-state index contributed by atoms with van der Waals surface area (Å²) in [5, 5.41) is 3.66. The monoisotopic (exact) mass is 415 g/mol. The van der Waals surface area contributed by atoms with E-state index in [0.29, 0.717) is 6.04 Å². The number of anilines is 1. The molecule has 1 N–H and O–H groups in total. The van der Waals surface area contributed by atoms with Crippen LogP contribution in [-0.4, -0.2) is 6.04 Å². The Morgan fingerprint density at radius 1 is 1.03 bits per heavy atom. The van der Waals surface area contributed by atoms with Gasteiger partial charge >= 0.3 is 0 Å². The fraction of sp³-hybridized carbons (Fsp3) is 0.467. The van der Waals surface area contributed by atoms with Crippen LogP contribution in [0.4, 0.5) is 5.69 Å². The minimum Gasteiger partial charge on any atom is -0.383 e. The van der Waals surface area contributed by atoms with Crippen molar-refractivity contribution in [1.82, 2.24) is 0 Å². The number of fused-ring (bicyclic) bond motifs is 1. The van der Waals surface area contributed by atoms with Gasteiger partial charge in [0.05, 0.1) is 0 Å². The second-order valence-electron chi connectivity index (χ2n) is 10.1. The van der Waals surface area contributed by atoms with E-state index in [9.17, 15) is 0 Å². The highest BCUT2D eigenvalue weighted by atomic mass is 14.9. The maximum absolute atomic E-state index is 3.66. The largest absolute Gasteiger partial charge is 0.383 e. The summed E-state index contributed by atoms with van der Waals surface area (Å²) < 4.78 is 0. The van der Waals surface area contributed by atoms with Gasteiger partial charge in [-0.1, -0.05) is 89.9 Å². The quantitative estimate of drug-likeness (QED) is 0.445. The first-order chi connectivity index (χ1) is 14.8. The summed E-state index contributed by atoms with van der Waals surface area (Å²) in [7, 11) is 0. The Hall–Kier alpha value is -2.28. The number of hydrogen-bond acceptors (Lipinski definition) is 1. The lowest BCUT2D eigenvalue weighted by molar-refractivity contribution is 0.590. The zero-order valence-electron chi connectivity index (χ0n) is 20.5. The maximum atomic E-state index is 3.66. The van der Waals surface area contributed by atoms with Crippen LogP contribution in [0.1, 0.15) is 95.9 Å². The van der Waals surface area contributed by atoms with Gasteiger partial charge in [0.25, 0.3) is 0 Å². The molecule has 2 aromatic carbocycles. The summed E-state index contributed by atoms with van der Waals surface area (Å²) >= 11 is 0. The van der Waals surface area contributed by atoms with Crippen LogP contribution in [-0.2, 0) is 11.8 Å². The fourth-order valence-corrected chi connectivity index (χ4v) is 4.26. The van der Waals surface area contributed by atoms with Gasteiger partial charge in [0.1, 0.15) is 0 Å². The Morgan fingerprint density at radius 3 is 2.42 bits per heavy atom. The molecule has 1 aliphatic carbocycles. The van der Waals surface area contributed by atoms with E-state index in [1.807, 2.05) is 0 Å². The Labute approximate surface area is 190 Å². The molecule has 0 radical (unpaired) electrons. The molecule has 0 spiro atoms. The molecule has 0 heterocycles. The molecule has 0 bridgehead atoms. The van der Waals surface area contributed by atoms with Crippen LogP contribution in [0.3, 0.4) is 0 Å². The van der Waals surface area contributed by atoms with E-state index in [1.54, 1.807) is 0 Å². The predicted molar refractivity (Wildman–Crippen MR) is 139 cm³/mol. The van der Waals surface area contributed by atoms with E-state index in [4.69, 9.17) is 0 Å². The highest BCUT2D eigenvalue weighted by Gasteiger charge is 2.19. The van der Waals surface area contributed by atoms with Crippen molar-refractivity contribution in [3.8, 4) is 0 Å². The molecule has 0 fully saturated rings. The lowest BCUT2D eigenvalue weighted by Crippen LogP contribution is -2.13. The fourth-order valence-electron chi connectivity index (χ4n) is 4.26. The lowest BCUT2D eigenvalue weighted by Gasteiger charge is -2.21. The van der Waals surface area contributed by atoms with Crippen molar-refractivity contribution in [2.75, 3.05) is 5.32 Å². The van der Waals surface area contributed by atoms with Crippen LogP contribution in [0.25, 0.3) is 11.1 Å². The van der Waals surface area contributed by atoms with Crippen LogP contribution >= 0.6 is 0 Å². The molecule has 3 rings (SSSR count). The predicted octanol–water partition coefficient (Wildman–Crippen LogP) is 8.80. The molecular weight excluding hydrogens is 374 g/mol. The average molecular weight is 416 g/mol. The molecule has 0 aromatic heterocycles. The summed E-state index contributed by atoms with van der Waals surface area (Å²) in [5.74, 6) is 0. The molecule has 31 heavy (non-hydrogen) atoms. The summed E-state index contributed by atoms with van der Waals surface area (Å²) in [4.78, 5) is 0. The second-order valence-corrected chi connectivity index (χ2v) is 10.1. The van der Waals surface area contributed by atoms with Gasteiger partial charge in [-0.05, 0) is 83.6 Å². The van der Waals surface area contributed by atoms with E-state index in [0.717, 1.165) is 25.7 Å². The normalized spacial score (nSPS) is 16.5. The van der Waals surface area contributed by atoms with Crippen LogP contribution < -0.4 is 5.32 Å². The molecule has 2 aromatic rings. The first-order valence-corrected chi connectivity index (χ1v) is 12.2. The van der Waals surface area contributed by atoms with Crippen molar-refractivity contribution in [2.45, 2.75) is 91.5 Å². The van der Waals surface area contributed by atoms with Gasteiger partial charge in [0.15, 0.2) is 0 Å². The minimum atomic E-state index is 0.182. The van der Waals surface area contributed by atoms with E-state index < -0.39 is 0 Å². The molecule has 166 valence electrons. The van der Waals surface area contributed by atoms with Crippen LogP contribution in [0.5, 0.6) is 0 Å². The van der Waals surface area contributed by atoms with Gasteiger partial charge in [-0.15, -0.1) is 0 Å². The Morgan fingerprint density at radius 2 is 1.77 bits per heavy atom. The molecule has 1 heteroatoms. The number of rotatable bonds is 7. The first kappa shape index (κ1) is 23.4. The van der Waals surface area contributed by atoms with Crippen LogP contribution in [0.2, 0.25) is 0 Å². The highest BCUT2D eigenvalue weighted by Crippen LogP contribution is 2.39. The topological polar surface area (TPSA) is 12.0 Å². The van der Waals surface area contributed by atoms with Crippen molar-refractivity contribution in [2.24, 2.45) is 0 Å². The van der Waals surface area contributed by atoms with Gasteiger partial charge in [-0.25, -0.2) is 0 Å². The summed E-state index contributed by atoms with van der Waals surface area (Å²) in [5.41, 5.74) is 9.86. The first-order valence-electron chi connectivity index (χ1n) is 12.2. The summed E-state index contributed by atoms with van der Waals surface area (Å²) in [6.07, 6.45) is 11.9. The van der Waals surface area contributed by atoms with Gasteiger partial charge in [0, 0.05) is 11.7 Å². The Kier molecular flexibility index (Phi) is 7.81. The van der Waals surface area contributed by atoms with E-state index in [-0.39, 0.29) is 5.41 Å². The van der Waals surface area contributed by atoms with Gasteiger partial charge in [-0.2, -0.15) is 0 Å². The van der Waals surface area contributed by atoms with Crippen molar-refractivity contribution in [3.63, 3.8) is 0 Å². The van der Waals surface area contributed by atoms with Crippen LogP contribution in [0, 0.1) is 0 Å². The minimum absolute atomic E-state index is 0.182. The highest BCUT2D eigenvalue weighted by molar-refractivity contribution is 6.06. The molecule has 1 nitrogen and oxygen atoms in total. The van der Waals surface area contributed by atoms with Crippen molar-refractivity contribution in [1.29, 1.82) is 0 Å². The molecule has 1 aliphatic rings. The third-order valence-electron chi connectivity index (χ3n) is 6.44. The Balaban J connectivity index is 2.00. The second kappa shape index (κ2) is 10.4. The van der Waals surface area contributed by atoms with Gasteiger partial charge < -0.3 is 5.32 Å². The number of hydrogen-bond donors (Lipinski definition) is 1. The molecule has 0 saturated carbocycles.